The molecule has 0 spiro atoms. The summed E-state index contributed by atoms with van der Waals surface area (Å²) in [6.45, 7) is 10.2. The summed E-state index contributed by atoms with van der Waals surface area (Å²) in [5.74, 6) is 0.774. The van der Waals surface area contributed by atoms with Crippen LogP contribution in [-0.4, -0.2) is 25.7 Å². The Kier molecular flexibility index (Phi) is 4.06. The zero-order chi connectivity index (χ0) is 12.3. The van der Waals surface area contributed by atoms with Gasteiger partial charge in [-0.2, -0.15) is 0 Å². The fourth-order valence-electron chi connectivity index (χ4n) is 2.86. The predicted molar refractivity (Wildman–Crippen MR) is 74.6 cm³/mol. The highest BCUT2D eigenvalue weighted by molar-refractivity contribution is 5.54. The number of benzene rings is 1. The largest absolute Gasteiger partial charge is 0.367 e. The van der Waals surface area contributed by atoms with Crippen LogP contribution >= 0.6 is 0 Å². The molecular weight excluding hydrogens is 208 g/mol. The van der Waals surface area contributed by atoms with E-state index in [1.54, 1.807) is 0 Å². The molecule has 0 saturated carbocycles. The standard InChI is InChI=1S/C15H24N2/c1-4-17(14-8-6-5-7-12(14)2)15-11-16-10-9-13(15)3/h5-8,13,15-16H,4,9-11H2,1-3H3. The molecule has 0 bridgehead atoms. The highest BCUT2D eigenvalue weighted by Gasteiger charge is 2.26. The van der Waals surface area contributed by atoms with Gasteiger partial charge in [-0.05, 0) is 44.4 Å². The molecular formula is C15H24N2. The van der Waals surface area contributed by atoms with E-state index in [1.807, 2.05) is 0 Å². The summed E-state index contributed by atoms with van der Waals surface area (Å²) < 4.78 is 0. The van der Waals surface area contributed by atoms with E-state index in [-0.39, 0.29) is 0 Å². The van der Waals surface area contributed by atoms with Crippen molar-refractivity contribution in [3.05, 3.63) is 29.8 Å². The topological polar surface area (TPSA) is 15.3 Å². The Morgan fingerprint density at radius 3 is 2.76 bits per heavy atom. The minimum absolute atomic E-state index is 0.634. The molecule has 94 valence electrons. The number of piperidine rings is 1. The second kappa shape index (κ2) is 5.54. The van der Waals surface area contributed by atoms with Crippen LogP contribution in [-0.2, 0) is 0 Å². The lowest BCUT2D eigenvalue weighted by Crippen LogP contribution is -2.50. The Morgan fingerprint density at radius 2 is 2.12 bits per heavy atom. The van der Waals surface area contributed by atoms with Crippen LogP contribution in [0.2, 0.25) is 0 Å². The summed E-state index contributed by atoms with van der Waals surface area (Å²) in [6.07, 6.45) is 1.28. The number of aryl methyl sites for hydroxylation is 1. The van der Waals surface area contributed by atoms with Crippen LogP contribution in [0.4, 0.5) is 5.69 Å². The first kappa shape index (κ1) is 12.4. The number of hydrogen-bond donors (Lipinski definition) is 1. The zero-order valence-electron chi connectivity index (χ0n) is 11.2. The molecule has 1 aromatic rings. The van der Waals surface area contributed by atoms with E-state index >= 15 is 0 Å². The summed E-state index contributed by atoms with van der Waals surface area (Å²) in [6, 6.07) is 9.36. The molecule has 1 saturated heterocycles. The number of nitrogens with one attached hydrogen (secondary N) is 1. The number of likely N-dealkylation sites (N-methyl/N-ethyl adjacent to an activating group) is 1. The fraction of sp³-hybridized carbons (Fsp3) is 0.600. The molecule has 0 radical (unpaired) electrons. The van der Waals surface area contributed by atoms with Gasteiger partial charge in [0, 0.05) is 24.8 Å². The van der Waals surface area contributed by atoms with Crippen molar-refractivity contribution in [2.75, 3.05) is 24.5 Å². The molecule has 2 unspecified atom stereocenters. The summed E-state index contributed by atoms with van der Waals surface area (Å²) in [5, 5.41) is 3.53. The summed E-state index contributed by atoms with van der Waals surface area (Å²) in [7, 11) is 0. The van der Waals surface area contributed by atoms with Crippen LogP contribution in [0.1, 0.15) is 25.8 Å². The average Bonchev–Trinajstić information content (AvgIpc) is 2.34. The van der Waals surface area contributed by atoms with Crippen LogP contribution in [0.3, 0.4) is 0 Å². The van der Waals surface area contributed by atoms with Crippen LogP contribution in [0, 0.1) is 12.8 Å². The quantitative estimate of drug-likeness (QED) is 0.862. The molecule has 17 heavy (non-hydrogen) atoms. The monoisotopic (exact) mass is 232 g/mol. The SMILES string of the molecule is CCN(c1ccccc1C)C1CNCCC1C. The van der Waals surface area contributed by atoms with E-state index < -0.39 is 0 Å². The van der Waals surface area contributed by atoms with E-state index in [1.165, 1.54) is 24.2 Å². The number of anilines is 1. The van der Waals surface area contributed by atoms with Gasteiger partial charge < -0.3 is 10.2 Å². The second-order valence-corrected chi connectivity index (χ2v) is 5.11. The molecule has 2 nitrogen and oxygen atoms in total. The third-order valence-electron chi connectivity index (χ3n) is 3.95. The maximum Gasteiger partial charge on any atom is 0.0440 e. The van der Waals surface area contributed by atoms with Crippen molar-refractivity contribution in [1.29, 1.82) is 0 Å². The Balaban J connectivity index is 2.23. The maximum atomic E-state index is 3.53. The lowest BCUT2D eigenvalue weighted by molar-refractivity contribution is 0.331. The molecule has 2 heteroatoms. The van der Waals surface area contributed by atoms with Crippen molar-refractivity contribution in [1.82, 2.24) is 5.32 Å². The highest BCUT2D eigenvalue weighted by Crippen LogP contribution is 2.26. The first-order chi connectivity index (χ1) is 8.24. The van der Waals surface area contributed by atoms with Gasteiger partial charge in [0.25, 0.3) is 0 Å². The number of hydrogen-bond acceptors (Lipinski definition) is 2. The minimum Gasteiger partial charge on any atom is -0.367 e. The van der Waals surface area contributed by atoms with E-state index in [4.69, 9.17) is 0 Å². The Hall–Kier alpha value is -1.02. The van der Waals surface area contributed by atoms with Gasteiger partial charge >= 0.3 is 0 Å². The van der Waals surface area contributed by atoms with Gasteiger partial charge in [0.05, 0.1) is 0 Å². The van der Waals surface area contributed by atoms with Crippen molar-refractivity contribution < 1.29 is 0 Å². The lowest BCUT2D eigenvalue weighted by Gasteiger charge is -2.40. The van der Waals surface area contributed by atoms with Crippen molar-refractivity contribution >= 4 is 5.69 Å². The van der Waals surface area contributed by atoms with Gasteiger partial charge in [0.15, 0.2) is 0 Å². The van der Waals surface area contributed by atoms with E-state index in [9.17, 15) is 0 Å². The van der Waals surface area contributed by atoms with E-state index in [0.717, 1.165) is 19.0 Å². The van der Waals surface area contributed by atoms with Gasteiger partial charge in [0.1, 0.15) is 0 Å². The molecule has 1 aliphatic heterocycles. The second-order valence-electron chi connectivity index (χ2n) is 5.11. The summed E-state index contributed by atoms with van der Waals surface area (Å²) >= 11 is 0. The van der Waals surface area contributed by atoms with Gasteiger partial charge in [-0.1, -0.05) is 25.1 Å². The molecule has 2 rings (SSSR count). The van der Waals surface area contributed by atoms with Crippen LogP contribution in [0.15, 0.2) is 24.3 Å². The van der Waals surface area contributed by atoms with Crippen molar-refractivity contribution in [3.8, 4) is 0 Å². The smallest absolute Gasteiger partial charge is 0.0440 e. The molecule has 0 aliphatic carbocycles. The van der Waals surface area contributed by atoms with Gasteiger partial charge in [-0.25, -0.2) is 0 Å². The first-order valence-electron chi connectivity index (χ1n) is 6.77. The Bertz CT molecular complexity index is 362. The molecule has 1 aliphatic rings. The van der Waals surface area contributed by atoms with E-state index in [2.05, 4.69) is 55.3 Å². The summed E-state index contributed by atoms with van der Waals surface area (Å²) in [5.41, 5.74) is 2.78. The molecule has 1 N–H and O–H groups in total. The van der Waals surface area contributed by atoms with Crippen LogP contribution < -0.4 is 10.2 Å². The molecule has 1 aromatic carbocycles. The Labute approximate surface area is 105 Å². The number of nitrogens with zero attached hydrogens (tertiary/aromatic N) is 1. The molecule has 0 aromatic heterocycles. The number of rotatable bonds is 3. The van der Waals surface area contributed by atoms with Gasteiger partial charge in [-0.3, -0.25) is 0 Å². The molecule has 2 atom stereocenters. The van der Waals surface area contributed by atoms with Gasteiger partial charge in [0.2, 0.25) is 0 Å². The number of para-hydroxylation sites is 1. The van der Waals surface area contributed by atoms with Crippen molar-refractivity contribution in [2.45, 2.75) is 33.2 Å². The lowest BCUT2D eigenvalue weighted by atomic mass is 9.92. The third kappa shape index (κ3) is 2.63. The fourth-order valence-corrected chi connectivity index (χ4v) is 2.86. The molecule has 1 fully saturated rings. The third-order valence-corrected chi connectivity index (χ3v) is 3.95. The maximum absolute atomic E-state index is 3.53. The minimum atomic E-state index is 0.634. The summed E-state index contributed by atoms with van der Waals surface area (Å²) in [4.78, 5) is 2.56. The van der Waals surface area contributed by atoms with Gasteiger partial charge in [-0.15, -0.1) is 0 Å². The van der Waals surface area contributed by atoms with Crippen molar-refractivity contribution in [3.63, 3.8) is 0 Å². The Morgan fingerprint density at radius 1 is 1.35 bits per heavy atom. The highest BCUT2D eigenvalue weighted by atomic mass is 15.2. The normalized spacial score (nSPS) is 24.6. The average molecular weight is 232 g/mol. The van der Waals surface area contributed by atoms with E-state index in [0.29, 0.717) is 6.04 Å². The van der Waals surface area contributed by atoms with Crippen molar-refractivity contribution in [2.24, 2.45) is 5.92 Å². The van der Waals surface area contributed by atoms with Crippen LogP contribution in [0.5, 0.6) is 0 Å². The first-order valence-corrected chi connectivity index (χ1v) is 6.77. The molecule has 0 amide bonds. The van der Waals surface area contributed by atoms with Crippen LogP contribution in [0.25, 0.3) is 0 Å². The zero-order valence-corrected chi connectivity index (χ0v) is 11.2. The predicted octanol–water partition coefficient (Wildman–Crippen LogP) is 2.82. The molecule has 1 heterocycles.